The van der Waals surface area contributed by atoms with Crippen LogP contribution < -0.4 is 4.90 Å². The van der Waals surface area contributed by atoms with E-state index < -0.39 is 6.10 Å². The number of nitro benzene ring substituents is 1. The Bertz CT molecular complexity index is 891. The van der Waals surface area contributed by atoms with Gasteiger partial charge < -0.3 is 10.0 Å². The minimum atomic E-state index is -0.484. The van der Waals surface area contributed by atoms with Gasteiger partial charge in [-0.25, -0.2) is 0 Å². The molecule has 1 fully saturated rings. The highest BCUT2D eigenvalue weighted by Crippen LogP contribution is 2.30. The molecular formula is C22H27N3O3. The normalized spacial score (nSPS) is 22.8. The van der Waals surface area contributed by atoms with Gasteiger partial charge in [0.15, 0.2) is 0 Å². The monoisotopic (exact) mass is 381 g/mol. The predicted molar refractivity (Wildman–Crippen MR) is 110 cm³/mol. The summed E-state index contributed by atoms with van der Waals surface area (Å²) in [6.45, 7) is 8.00. The van der Waals surface area contributed by atoms with Crippen molar-refractivity contribution >= 4 is 11.4 Å². The second-order valence-corrected chi connectivity index (χ2v) is 8.07. The molecule has 1 heterocycles. The number of fused-ring (bicyclic) bond motifs is 1. The number of nitro groups is 1. The maximum Gasteiger partial charge on any atom is 0.269 e. The molecule has 4 rings (SSSR count). The summed E-state index contributed by atoms with van der Waals surface area (Å²) >= 11 is 0. The Labute approximate surface area is 165 Å². The Kier molecular flexibility index (Phi) is 5.08. The molecule has 0 aromatic heterocycles. The van der Waals surface area contributed by atoms with Crippen molar-refractivity contribution in [3.63, 3.8) is 0 Å². The number of aliphatic hydroxyl groups is 1. The quantitative estimate of drug-likeness (QED) is 0.654. The summed E-state index contributed by atoms with van der Waals surface area (Å²) in [5.41, 5.74) is 6.02. The maximum atomic E-state index is 11.0. The zero-order chi connectivity index (χ0) is 19.8. The van der Waals surface area contributed by atoms with Crippen molar-refractivity contribution in [1.29, 1.82) is 0 Å². The molecule has 0 spiro atoms. The molecule has 2 aromatic carbocycles. The number of rotatable bonds is 3. The number of benzene rings is 2. The third kappa shape index (κ3) is 3.62. The number of nitrogens with zero attached hydrogens (tertiary/aromatic N) is 3. The van der Waals surface area contributed by atoms with Crippen LogP contribution in [0.5, 0.6) is 0 Å². The van der Waals surface area contributed by atoms with Gasteiger partial charge in [0.25, 0.3) is 5.69 Å². The fourth-order valence-electron chi connectivity index (χ4n) is 4.56. The van der Waals surface area contributed by atoms with Crippen molar-refractivity contribution in [3.8, 4) is 0 Å². The largest absolute Gasteiger partial charge is 0.391 e. The van der Waals surface area contributed by atoms with E-state index >= 15 is 0 Å². The van der Waals surface area contributed by atoms with Gasteiger partial charge in [-0.2, -0.15) is 0 Å². The third-order valence-corrected chi connectivity index (χ3v) is 6.19. The van der Waals surface area contributed by atoms with Crippen LogP contribution in [0.2, 0.25) is 0 Å². The Morgan fingerprint density at radius 2 is 1.75 bits per heavy atom. The van der Waals surface area contributed by atoms with Gasteiger partial charge in [0, 0.05) is 56.5 Å². The smallest absolute Gasteiger partial charge is 0.269 e. The molecule has 0 bridgehead atoms. The van der Waals surface area contributed by atoms with Gasteiger partial charge in [-0.1, -0.05) is 18.2 Å². The fraction of sp³-hybridized carbons (Fsp3) is 0.455. The number of piperazine rings is 1. The van der Waals surface area contributed by atoms with E-state index in [-0.39, 0.29) is 16.7 Å². The Morgan fingerprint density at radius 3 is 2.46 bits per heavy atom. The third-order valence-electron chi connectivity index (χ3n) is 6.19. The van der Waals surface area contributed by atoms with E-state index in [2.05, 4.69) is 41.8 Å². The summed E-state index contributed by atoms with van der Waals surface area (Å²) in [6.07, 6.45) is 0.749. The lowest BCUT2D eigenvalue weighted by Crippen LogP contribution is -2.56. The van der Waals surface area contributed by atoms with E-state index in [0.717, 1.165) is 43.7 Å². The lowest BCUT2D eigenvalue weighted by Gasteiger charge is -2.44. The number of anilines is 1. The van der Waals surface area contributed by atoms with E-state index in [0.29, 0.717) is 6.42 Å². The molecule has 1 N–H and O–H groups in total. The second-order valence-electron chi connectivity index (χ2n) is 8.07. The lowest BCUT2D eigenvalue weighted by atomic mass is 9.85. The number of hydrogen-bond donors (Lipinski definition) is 1. The van der Waals surface area contributed by atoms with E-state index in [1.165, 1.54) is 16.8 Å². The van der Waals surface area contributed by atoms with Crippen LogP contribution >= 0.6 is 0 Å². The molecule has 148 valence electrons. The minimum absolute atomic E-state index is 0.0784. The zero-order valence-corrected chi connectivity index (χ0v) is 16.5. The minimum Gasteiger partial charge on any atom is -0.391 e. The molecule has 2 aliphatic rings. The molecule has 1 saturated heterocycles. The predicted octanol–water partition coefficient (Wildman–Crippen LogP) is 2.86. The van der Waals surface area contributed by atoms with E-state index in [1.54, 1.807) is 12.1 Å². The highest BCUT2D eigenvalue weighted by atomic mass is 16.6. The SMILES string of the molecule is Cc1ccc(C)c(N2CCN([C@H]3Cc4ccc([N+](=O)[O-])cc4C[C@@H]3O)CC2)c1. The fourth-order valence-corrected chi connectivity index (χ4v) is 4.56. The highest BCUT2D eigenvalue weighted by molar-refractivity contribution is 5.55. The number of hydrogen-bond acceptors (Lipinski definition) is 5. The zero-order valence-electron chi connectivity index (χ0n) is 16.5. The van der Waals surface area contributed by atoms with Crippen LogP contribution in [0.1, 0.15) is 22.3 Å². The van der Waals surface area contributed by atoms with Gasteiger partial charge in [0.2, 0.25) is 0 Å². The Morgan fingerprint density at radius 1 is 1.00 bits per heavy atom. The molecule has 0 saturated carbocycles. The van der Waals surface area contributed by atoms with Gasteiger partial charge in [-0.05, 0) is 48.6 Å². The van der Waals surface area contributed by atoms with E-state index in [4.69, 9.17) is 0 Å². The van der Waals surface area contributed by atoms with Gasteiger partial charge in [-0.3, -0.25) is 15.0 Å². The first kappa shape index (κ1) is 18.9. The standard InChI is InChI=1S/C22H27N3O3/c1-15-3-4-16(2)20(11-15)23-7-9-24(10-8-23)21-13-17-5-6-19(25(27)28)12-18(17)14-22(21)26/h3-6,11-12,21-22,26H,7-10,13-14H2,1-2H3/t21-,22-/m0/s1. The molecule has 0 radical (unpaired) electrons. The first-order valence-corrected chi connectivity index (χ1v) is 9.93. The summed E-state index contributed by atoms with van der Waals surface area (Å²) in [4.78, 5) is 15.5. The summed E-state index contributed by atoms with van der Waals surface area (Å²) in [7, 11) is 0. The van der Waals surface area contributed by atoms with Gasteiger partial charge in [0.05, 0.1) is 11.0 Å². The van der Waals surface area contributed by atoms with Crippen molar-refractivity contribution < 1.29 is 10.0 Å². The molecule has 0 amide bonds. The van der Waals surface area contributed by atoms with Crippen LogP contribution in [0.25, 0.3) is 0 Å². The van der Waals surface area contributed by atoms with Crippen LogP contribution in [0.15, 0.2) is 36.4 Å². The van der Waals surface area contributed by atoms with Gasteiger partial charge >= 0.3 is 0 Å². The molecule has 2 atom stereocenters. The second kappa shape index (κ2) is 7.53. The van der Waals surface area contributed by atoms with Crippen molar-refractivity contribution in [2.45, 2.75) is 38.8 Å². The lowest BCUT2D eigenvalue weighted by molar-refractivity contribution is -0.384. The van der Waals surface area contributed by atoms with Crippen LogP contribution in [-0.2, 0) is 12.8 Å². The average molecular weight is 381 g/mol. The average Bonchev–Trinajstić information content (AvgIpc) is 2.69. The molecule has 6 heteroatoms. The molecule has 6 nitrogen and oxygen atoms in total. The van der Waals surface area contributed by atoms with Gasteiger partial charge in [0.1, 0.15) is 0 Å². The Balaban J connectivity index is 1.45. The number of aryl methyl sites for hydroxylation is 2. The van der Waals surface area contributed by atoms with E-state index in [9.17, 15) is 15.2 Å². The van der Waals surface area contributed by atoms with Crippen LogP contribution in [0.3, 0.4) is 0 Å². The molecular weight excluding hydrogens is 354 g/mol. The van der Waals surface area contributed by atoms with Crippen molar-refractivity contribution in [2.75, 3.05) is 31.1 Å². The van der Waals surface area contributed by atoms with Crippen LogP contribution in [0, 0.1) is 24.0 Å². The van der Waals surface area contributed by atoms with Gasteiger partial charge in [-0.15, -0.1) is 0 Å². The number of aliphatic hydroxyl groups excluding tert-OH is 1. The summed E-state index contributed by atoms with van der Waals surface area (Å²) in [6, 6.07) is 11.7. The first-order chi connectivity index (χ1) is 13.4. The molecule has 1 aliphatic heterocycles. The summed E-state index contributed by atoms with van der Waals surface area (Å²) in [5.74, 6) is 0. The molecule has 0 unspecified atom stereocenters. The molecule has 2 aromatic rings. The highest BCUT2D eigenvalue weighted by Gasteiger charge is 2.34. The maximum absolute atomic E-state index is 11.0. The van der Waals surface area contributed by atoms with Crippen LogP contribution in [-0.4, -0.2) is 53.3 Å². The van der Waals surface area contributed by atoms with Crippen molar-refractivity contribution in [3.05, 3.63) is 68.8 Å². The van der Waals surface area contributed by atoms with Crippen molar-refractivity contribution in [2.24, 2.45) is 0 Å². The summed E-state index contributed by atoms with van der Waals surface area (Å²) in [5, 5.41) is 21.7. The van der Waals surface area contributed by atoms with Crippen molar-refractivity contribution in [1.82, 2.24) is 4.90 Å². The molecule has 1 aliphatic carbocycles. The van der Waals surface area contributed by atoms with Crippen LogP contribution in [0.4, 0.5) is 11.4 Å². The Hall–Kier alpha value is -2.44. The van der Waals surface area contributed by atoms with E-state index in [1.807, 2.05) is 6.07 Å². The first-order valence-electron chi connectivity index (χ1n) is 9.93. The molecule has 28 heavy (non-hydrogen) atoms. The topological polar surface area (TPSA) is 69.9 Å². The summed E-state index contributed by atoms with van der Waals surface area (Å²) < 4.78 is 0. The number of non-ortho nitro benzene ring substituents is 1.